The smallest absolute Gasteiger partial charge is 0.0113 e. The van der Waals surface area contributed by atoms with E-state index in [2.05, 4.69) is 13.2 Å². The molecule has 1 heteroatoms. The van der Waals surface area contributed by atoms with E-state index < -0.39 is 0 Å². The van der Waals surface area contributed by atoms with Gasteiger partial charge < -0.3 is 0 Å². The van der Waals surface area contributed by atoms with Gasteiger partial charge in [0.2, 0.25) is 0 Å². The van der Waals surface area contributed by atoms with E-state index in [0.717, 1.165) is 5.75 Å². The van der Waals surface area contributed by atoms with E-state index in [9.17, 15) is 0 Å². The van der Waals surface area contributed by atoms with Crippen LogP contribution >= 0.6 is 11.8 Å². The van der Waals surface area contributed by atoms with Crippen molar-refractivity contribution in [2.45, 2.75) is 0 Å². The SMILES string of the molecule is [CH2]C=CCS[CH2]. The molecule has 0 aliphatic carbocycles. The highest BCUT2D eigenvalue weighted by Gasteiger charge is 1.64. The van der Waals surface area contributed by atoms with Crippen LogP contribution in [0.2, 0.25) is 0 Å². The number of rotatable bonds is 2. The Morgan fingerprint density at radius 3 is 2.50 bits per heavy atom. The number of hydrogen-bond acceptors (Lipinski definition) is 1. The van der Waals surface area contributed by atoms with E-state index >= 15 is 0 Å². The van der Waals surface area contributed by atoms with Crippen molar-refractivity contribution in [3.05, 3.63) is 25.3 Å². The van der Waals surface area contributed by atoms with Gasteiger partial charge in [-0.05, 0) is 6.92 Å². The van der Waals surface area contributed by atoms with E-state index in [-0.39, 0.29) is 0 Å². The normalized spacial score (nSPS) is 10.3. The summed E-state index contributed by atoms with van der Waals surface area (Å²) in [5.41, 5.74) is 0. The lowest BCUT2D eigenvalue weighted by Crippen LogP contribution is -1.58. The second-order valence-electron chi connectivity index (χ2n) is 0.842. The highest BCUT2D eigenvalue weighted by atomic mass is 32.2. The fourth-order valence-electron chi connectivity index (χ4n) is 0.136. The monoisotopic (exact) mass is 100 g/mol. The summed E-state index contributed by atoms with van der Waals surface area (Å²) in [6.45, 7) is 3.50. The van der Waals surface area contributed by atoms with Gasteiger partial charge in [0.25, 0.3) is 0 Å². The van der Waals surface area contributed by atoms with Crippen LogP contribution in [-0.4, -0.2) is 5.75 Å². The zero-order valence-corrected chi connectivity index (χ0v) is 4.50. The molecule has 0 saturated heterocycles. The van der Waals surface area contributed by atoms with E-state index in [0.29, 0.717) is 0 Å². The van der Waals surface area contributed by atoms with Crippen LogP contribution in [0.1, 0.15) is 0 Å². The maximum Gasteiger partial charge on any atom is 0.0113 e. The Kier molecular flexibility index (Phi) is 5.17. The predicted molar refractivity (Wildman–Crippen MR) is 32.3 cm³/mol. The molecule has 0 heterocycles. The second-order valence-corrected chi connectivity index (χ2v) is 1.58. The fraction of sp³-hybridized carbons (Fsp3) is 0.200. The topological polar surface area (TPSA) is 0 Å². The first-order valence-electron chi connectivity index (χ1n) is 1.73. The lowest BCUT2D eigenvalue weighted by atomic mass is 10.6. The molecule has 0 unspecified atom stereocenters. The van der Waals surface area contributed by atoms with Crippen molar-refractivity contribution in [1.82, 2.24) is 0 Å². The van der Waals surface area contributed by atoms with Crippen molar-refractivity contribution < 1.29 is 0 Å². The quantitative estimate of drug-likeness (QED) is 0.510. The summed E-state index contributed by atoms with van der Waals surface area (Å²) in [5, 5.41) is 0. The van der Waals surface area contributed by atoms with Gasteiger partial charge in [-0.15, -0.1) is 0 Å². The molecule has 0 saturated carbocycles. The highest BCUT2D eigenvalue weighted by molar-refractivity contribution is 8.00. The molecule has 2 radical (unpaired) electrons. The maximum atomic E-state index is 3.56. The van der Waals surface area contributed by atoms with Gasteiger partial charge in [-0.2, -0.15) is 11.8 Å². The largest absolute Gasteiger partial charge is 0.157 e. The minimum Gasteiger partial charge on any atom is -0.157 e. The minimum absolute atomic E-state index is 0.976. The third kappa shape index (κ3) is 4.09. The van der Waals surface area contributed by atoms with Crippen molar-refractivity contribution in [2.24, 2.45) is 0 Å². The molecule has 0 fully saturated rings. The third-order valence-electron chi connectivity index (χ3n) is 0.381. The van der Waals surface area contributed by atoms with Crippen molar-refractivity contribution in [1.29, 1.82) is 0 Å². The van der Waals surface area contributed by atoms with Crippen LogP contribution in [0.4, 0.5) is 0 Å². The predicted octanol–water partition coefficient (Wildman–Crippen LogP) is 1.90. The Balaban J connectivity index is 2.66. The van der Waals surface area contributed by atoms with E-state index in [1.165, 1.54) is 0 Å². The minimum atomic E-state index is 0.976. The molecule has 0 atom stereocenters. The van der Waals surface area contributed by atoms with Gasteiger partial charge in [-0.3, -0.25) is 0 Å². The number of thioether (sulfide) groups is 1. The zero-order valence-electron chi connectivity index (χ0n) is 3.68. The van der Waals surface area contributed by atoms with Crippen LogP contribution < -0.4 is 0 Å². The molecule has 0 aromatic carbocycles. The summed E-state index contributed by atoms with van der Waals surface area (Å²) in [6.07, 6.45) is 7.31. The summed E-state index contributed by atoms with van der Waals surface area (Å²) in [7, 11) is 0. The van der Waals surface area contributed by atoms with Gasteiger partial charge in [-0.1, -0.05) is 12.2 Å². The van der Waals surface area contributed by atoms with Crippen molar-refractivity contribution >= 4 is 11.8 Å². The molecule has 0 aromatic rings. The van der Waals surface area contributed by atoms with Crippen molar-refractivity contribution in [2.75, 3.05) is 5.75 Å². The highest BCUT2D eigenvalue weighted by Crippen LogP contribution is 1.92. The molecule has 0 aliphatic rings. The first-order valence-corrected chi connectivity index (χ1v) is 2.88. The Hall–Kier alpha value is 0.0900. The molecule has 0 N–H and O–H groups in total. The molecule has 0 bridgehead atoms. The standard InChI is InChI=1S/C5H8S/c1-3-4-5-6-2/h3-4H,1-2,5H2. The molecular formula is C5H8S. The van der Waals surface area contributed by atoms with Crippen LogP contribution in [0.25, 0.3) is 0 Å². The number of hydrogen-bond donors (Lipinski definition) is 0. The van der Waals surface area contributed by atoms with Gasteiger partial charge in [-0.25, -0.2) is 0 Å². The lowest BCUT2D eigenvalue weighted by Gasteiger charge is -1.76. The first kappa shape index (κ1) is 6.09. The maximum absolute atomic E-state index is 3.56. The summed E-state index contributed by atoms with van der Waals surface area (Å²) in [4.78, 5) is 0. The van der Waals surface area contributed by atoms with Crippen LogP contribution in [0.5, 0.6) is 0 Å². The Labute approximate surface area is 43.6 Å². The average Bonchev–Trinajstić information content (AvgIpc) is 1.61. The molecule has 0 nitrogen and oxygen atoms in total. The molecule has 0 aliphatic heterocycles. The summed E-state index contributed by atoms with van der Waals surface area (Å²) in [6, 6.07) is 0. The van der Waals surface area contributed by atoms with Gasteiger partial charge in [0.05, 0.1) is 0 Å². The van der Waals surface area contributed by atoms with Crippen LogP contribution in [0.3, 0.4) is 0 Å². The Morgan fingerprint density at radius 1 is 1.67 bits per heavy atom. The third-order valence-corrected chi connectivity index (χ3v) is 0.809. The Morgan fingerprint density at radius 2 is 2.33 bits per heavy atom. The molecular weight excluding hydrogens is 92.1 g/mol. The van der Waals surface area contributed by atoms with Crippen LogP contribution in [0.15, 0.2) is 12.2 Å². The summed E-state index contributed by atoms with van der Waals surface area (Å²) >= 11 is 1.55. The van der Waals surface area contributed by atoms with Crippen molar-refractivity contribution in [3.63, 3.8) is 0 Å². The molecule has 0 rings (SSSR count). The lowest BCUT2D eigenvalue weighted by molar-refractivity contribution is 1.77. The average molecular weight is 100 g/mol. The van der Waals surface area contributed by atoms with Crippen molar-refractivity contribution in [3.8, 4) is 0 Å². The second kappa shape index (κ2) is 5.09. The van der Waals surface area contributed by atoms with E-state index in [1.54, 1.807) is 17.8 Å². The van der Waals surface area contributed by atoms with E-state index in [1.807, 2.05) is 6.08 Å². The van der Waals surface area contributed by atoms with Gasteiger partial charge in [0, 0.05) is 12.0 Å². The van der Waals surface area contributed by atoms with E-state index in [4.69, 9.17) is 0 Å². The van der Waals surface area contributed by atoms with Gasteiger partial charge in [0.1, 0.15) is 0 Å². The molecule has 0 spiro atoms. The molecule has 0 aromatic heterocycles. The summed E-state index contributed by atoms with van der Waals surface area (Å²) in [5.74, 6) is 0.976. The fourth-order valence-corrected chi connectivity index (χ4v) is 0.408. The number of allylic oxidation sites excluding steroid dienone is 1. The molecule has 6 heavy (non-hydrogen) atoms. The van der Waals surface area contributed by atoms with Crippen LogP contribution in [-0.2, 0) is 0 Å². The van der Waals surface area contributed by atoms with Crippen LogP contribution in [0, 0.1) is 13.2 Å². The van der Waals surface area contributed by atoms with Gasteiger partial charge >= 0.3 is 0 Å². The molecule has 0 amide bonds. The first-order chi connectivity index (χ1) is 2.91. The summed E-state index contributed by atoms with van der Waals surface area (Å²) < 4.78 is 0. The Bertz CT molecular complexity index is 39.2. The van der Waals surface area contributed by atoms with Gasteiger partial charge in [0.15, 0.2) is 0 Å². The molecule has 34 valence electrons. The zero-order chi connectivity index (χ0) is 4.83.